The predicted octanol–water partition coefficient (Wildman–Crippen LogP) is 2.66. The summed E-state index contributed by atoms with van der Waals surface area (Å²) in [6.45, 7) is 3.66. The lowest BCUT2D eigenvalue weighted by Crippen LogP contribution is -2.13. The van der Waals surface area contributed by atoms with Gasteiger partial charge in [0.1, 0.15) is 0 Å². The van der Waals surface area contributed by atoms with Gasteiger partial charge in [0, 0.05) is 0 Å². The molecule has 0 aliphatic heterocycles. The van der Waals surface area contributed by atoms with Crippen LogP contribution in [0.5, 0.6) is 0 Å². The molecule has 2 heteroatoms. The van der Waals surface area contributed by atoms with Crippen molar-refractivity contribution in [3.05, 3.63) is 35.9 Å². The summed E-state index contributed by atoms with van der Waals surface area (Å²) in [6, 6.07) is 11.6. The van der Waals surface area contributed by atoms with Crippen molar-refractivity contribution in [3.63, 3.8) is 0 Å². The molecular weight excluding hydrogens is 174 g/mol. The van der Waals surface area contributed by atoms with Crippen molar-refractivity contribution in [1.29, 1.82) is 5.26 Å². The van der Waals surface area contributed by atoms with E-state index in [9.17, 15) is 5.11 Å². The fourth-order valence-electron chi connectivity index (χ4n) is 1.32. The Morgan fingerprint density at radius 1 is 1.36 bits per heavy atom. The fourth-order valence-corrected chi connectivity index (χ4v) is 1.32. The number of hydrogen-bond donors (Lipinski definition) is 1. The van der Waals surface area contributed by atoms with E-state index in [1.165, 1.54) is 0 Å². The Morgan fingerprint density at radius 3 is 2.43 bits per heavy atom. The molecule has 0 amide bonds. The molecule has 0 aliphatic rings. The molecule has 1 aromatic rings. The Kier molecular flexibility index (Phi) is 3.27. The normalized spacial score (nSPS) is 13.3. The molecule has 0 spiro atoms. The van der Waals surface area contributed by atoms with Crippen LogP contribution in [0.3, 0.4) is 0 Å². The third kappa shape index (κ3) is 2.86. The highest BCUT2D eigenvalue weighted by molar-refractivity contribution is 5.18. The number of nitrogens with zero attached hydrogens (tertiary/aromatic N) is 1. The molecule has 1 atom stereocenters. The molecule has 2 nitrogen and oxygen atoms in total. The third-order valence-corrected chi connectivity index (χ3v) is 2.19. The van der Waals surface area contributed by atoms with Gasteiger partial charge in [-0.2, -0.15) is 5.26 Å². The molecule has 1 aromatic carbocycles. The second kappa shape index (κ2) is 4.26. The van der Waals surface area contributed by atoms with E-state index in [4.69, 9.17) is 5.26 Å². The number of nitriles is 1. The maximum atomic E-state index is 9.84. The first-order chi connectivity index (χ1) is 6.55. The number of rotatable bonds is 3. The van der Waals surface area contributed by atoms with Gasteiger partial charge >= 0.3 is 0 Å². The lowest BCUT2D eigenvalue weighted by atomic mass is 9.86. The van der Waals surface area contributed by atoms with Crippen molar-refractivity contribution in [1.82, 2.24) is 0 Å². The van der Waals surface area contributed by atoms with Crippen LogP contribution >= 0.6 is 0 Å². The predicted molar refractivity (Wildman–Crippen MR) is 55.4 cm³/mol. The highest BCUT2D eigenvalue weighted by atomic mass is 16.3. The fraction of sp³-hybridized carbons (Fsp3) is 0.417. The van der Waals surface area contributed by atoms with Crippen molar-refractivity contribution in [3.8, 4) is 6.07 Å². The van der Waals surface area contributed by atoms with Gasteiger partial charge in [-0.3, -0.25) is 0 Å². The van der Waals surface area contributed by atoms with E-state index in [-0.39, 0.29) is 0 Å². The van der Waals surface area contributed by atoms with Crippen LogP contribution in [0.15, 0.2) is 30.3 Å². The van der Waals surface area contributed by atoms with Crippen LogP contribution in [0.4, 0.5) is 0 Å². The Hall–Kier alpha value is -1.33. The second-order valence-corrected chi connectivity index (χ2v) is 4.13. The Balaban J connectivity index is 2.70. The molecule has 14 heavy (non-hydrogen) atoms. The molecule has 0 heterocycles. The van der Waals surface area contributed by atoms with Crippen LogP contribution in [0.25, 0.3) is 0 Å². The van der Waals surface area contributed by atoms with Crippen molar-refractivity contribution in [2.24, 2.45) is 5.41 Å². The van der Waals surface area contributed by atoms with Crippen molar-refractivity contribution in [2.75, 3.05) is 0 Å². The standard InChI is InChI=1S/C12H15NO/c1-12(2,9-13)8-11(14)10-6-4-3-5-7-10/h3-7,11,14H,8H2,1-2H3. The van der Waals surface area contributed by atoms with Crippen LogP contribution in [-0.4, -0.2) is 5.11 Å². The van der Waals surface area contributed by atoms with Crippen LogP contribution in [0.1, 0.15) is 31.9 Å². The summed E-state index contributed by atoms with van der Waals surface area (Å²) in [4.78, 5) is 0. The van der Waals surface area contributed by atoms with Crippen LogP contribution in [0.2, 0.25) is 0 Å². The topological polar surface area (TPSA) is 44.0 Å². The van der Waals surface area contributed by atoms with Gasteiger partial charge in [-0.1, -0.05) is 30.3 Å². The summed E-state index contributed by atoms with van der Waals surface area (Å²) < 4.78 is 0. The van der Waals surface area contributed by atoms with E-state index in [0.29, 0.717) is 6.42 Å². The first-order valence-electron chi connectivity index (χ1n) is 4.69. The summed E-state index contributed by atoms with van der Waals surface area (Å²) in [6.07, 6.45) is -0.0844. The van der Waals surface area contributed by atoms with Gasteiger partial charge < -0.3 is 5.11 Å². The smallest absolute Gasteiger partial charge is 0.0805 e. The minimum Gasteiger partial charge on any atom is -0.388 e. The van der Waals surface area contributed by atoms with Gasteiger partial charge in [0.2, 0.25) is 0 Å². The molecule has 1 rings (SSSR count). The molecule has 1 unspecified atom stereocenters. The second-order valence-electron chi connectivity index (χ2n) is 4.13. The highest BCUT2D eigenvalue weighted by Crippen LogP contribution is 2.28. The van der Waals surface area contributed by atoms with E-state index in [2.05, 4.69) is 6.07 Å². The van der Waals surface area contributed by atoms with Gasteiger partial charge in [-0.05, 0) is 25.8 Å². The average Bonchev–Trinajstić information content (AvgIpc) is 2.19. The largest absolute Gasteiger partial charge is 0.388 e. The number of benzene rings is 1. The van der Waals surface area contributed by atoms with E-state index in [0.717, 1.165) is 5.56 Å². The first-order valence-corrected chi connectivity index (χ1v) is 4.69. The van der Waals surface area contributed by atoms with Crippen LogP contribution < -0.4 is 0 Å². The van der Waals surface area contributed by atoms with E-state index >= 15 is 0 Å². The molecule has 0 fully saturated rings. The maximum absolute atomic E-state index is 9.84. The quantitative estimate of drug-likeness (QED) is 0.794. The Bertz CT molecular complexity index is 324. The van der Waals surface area contributed by atoms with E-state index in [1.54, 1.807) is 0 Å². The molecule has 74 valence electrons. The molecule has 1 N–H and O–H groups in total. The minimum absolute atomic E-state index is 0.466. The first kappa shape index (κ1) is 10.7. The Labute approximate surface area is 84.8 Å². The lowest BCUT2D eigenvalue weighted by molar-refractivity contribution is 0.134. The zero-order valence-electron chi connectivity index (χ0n) is 8.57. The SMILES string of the molecule is CC(C)(C#N)CC(O)c1ccccc1. The van der Waals surface area contributed by atoms with Gasteiger partial charge in [-0.15, -0.1) is 0 Å². The molecule has 0 radical (unpaired) electrons. The molecular formula is C12H15NO. The maximum Gasteiger partial charge on any atom is 0.0805 e. The van der Waals surface area contributed by atoms with Crippen molar-refractivity contribution in [2.45, 2.75) is 26.4 Å². The van der Waals surface area contributed by atoms with Crippen LogP contribution in [-0.2, 0) is 0 Å². The molecule has 0 bridgehead atoms. The number of aliphatic hydroxyl groups excluding tert-OH is 1. The van der Waals surface area contributed by atoms with Crippen LogP contribution in [0, 0.1) is 16.7 Å². The number of hydrogen-bond acceptors (Lipinski definition) is 2. The molecule has 0 aliphatic carbocycles. The lowest BCUT2D eigenvalue weighted by Gasteiger charge is -2.19. The summed E-state index contributed by atoms with van der Waals surface area (Å²) in [5, 5.41) is 18.7. The zero-order chi connectivity index (χ0) is 10.6. The summed E-state index contributed by atoms with van der Waals surface area (Å²) in [5.41, 5.74) is 0.394. The van der Waals surface area contributed by atoms with Gasteiger partial charge in [0.05, 0.1) is 17.6 Å². The van der Waals surface area contributed by atoms with Crippen molar-refractivity contribution >= 4 is 0 Å². The zero-order valence-corrected chi connectivity index (χ0v) is 8.57. The average molecular weight is 189 g/mol. The summed E-state index contributed by atoms with van der Waals surface area (Å²) in [7, 11) is 0. The monoisotopic (exact) mass is 189 g/mol. The Morgan fingerprint density at radius 2 is 1.93 bits per heavy atom. The summed E-state index contributed by atoms with van der Waals surface area (Å²) in [5.74, 6) is 0. The van der Waals surface area contributed by atoms with E-state index < -0.39 is 11.5 Å². The van der Waals surface area contributed by atoms with Crippen molar-refractivity contribution < 1.29 is 5.11 Å². The van der Waals surface area contributed by atoms with Gasteiger partial charge in [0.15, 0.2) is 0 Å². The summed E-state index contributed by atoms with van der Waals surface area (Å²) >= 11 is 0. The number of aliphatic hydroxyl groups is 1. The minimum atomic E-state index is -0.550. The van der Waals surface area contributed by atoms with Gasteiger partial charge in [-0.25, -0.2) is 0 Å². The van der Waals surface area contributed by atoms with E-state index in [1.807, 2.05) is 44.2 Å². The molecule has 0 saturated heterocycles. The van der Waals surface area contributed by atoms with Gasteiger partial charge in [0.25, 0.3) is 0 Å². The highest BCUT2D eigenvalue weighted by Gasteiger charge is 2.22. The third-order valence-electron chi connectivity index (χ3n) is 2.19. The molecule has 0 saturated carbocycles. The molecule has 0 aromatic heterocycles.